The Bertz CT molecular complexity index is 1180. The van der Waals surface area contributed by atoms with Crippen LogP contribution in [-0.2, 0) is 11.2 Å². The molecule has 0 aliphatic carbocycles. The third kappa shape index (κ3) is 4.46. The highest BCUT2D eigenvalue weighted by atomic mass is 16.2. The van der Waals surface area contributed by atoms with Crippen molar-refractivity contribution in [2.24, 2.45) is 5.92 Å². The summed E-state index contributed by atoms with van der Waals surface area (Å²) in [4.78, 5) is 23.6. The second-order valence-corrected chi connectivity index (χ2v) is 8.23. The Morgan fingerprint density at radius 1 is 1.00 bits per heavy atom. The molecule has 1 aliphatic heterocycles. The van der Waals surface area contributed by atoms with Crippen LogP contribution in [0.4, 0.5) is 5.82 Å². The Kier molecular flexibility index (Phi) is 5.79. The van der Waals surface area contributed by atoms with Crippen molar-refractivity contribution in [3.63, 3.8) is 0 Å². The van der Waals surface area contributed by atoms with E-state index in [2.05, 4.69) is 50.7 Å². The molecular weight excluding hydrogens is 400 g/mol. The van der Waals surface area contributed by atoms with Crippen LogP contribution in [0.2, 0.25) is 0 Å². The zero-order valence-corrected chi connectivity index (χ0v) is 17.9. The topological polar surface area (TPSA) is 75.4 Å². The van der Waals surface area contributed by atoms with E-state index in [0.29, 0.717) is 17.5 Å². The van der Waals surface area contributed by atoms with Crippen molar-refractivity contribution in [2.45, 2.75) is 19.3 Å². The highest BCUT2D eigenvalue weighted by Gasteiger charge is 2.23. The van der Waals surface area contributed by atoms with Crippen LogP contribution >= 0.6 is 0 Å². The number of nitrogens with one attached hydrogen (secondary N) is 1. The predicted octanol–water partition coefficient (Wildman–Crippen LogP) is 3.68. The van der Waals surface area contributed by atoms with Crippen LogP contribution in [0.1, 0.15) is 18.4 Å². The number of aromatic nitrogens is 4. The maximum absolute atomic E-state index is 12.9. The lowest BCUT2D eigenvalue weighted by Gasteiger charge is -2.32. The van der Waals surface area contributed by atoms with E-state index in [-0.39, 0.29) is 12.5 Å². The molecule has 1 fully saturated rings. The number of amides is 1. The van der Waals surface area contributed by atoms with Gasteiger partial charge in [-0.1, -0.05) is 60.7 Å². The number of nitrogens with zero attached hydrogens (tertiary/aromatic N) is 5. The summed E-state index contributed by atoms with van der Waals surface area (Å²) in [6.45, 7) is 1.83. The highest BCUT2D eigenvalue weighted by molar-refractivity contribution is 5.81. The third-order valence-corrected chi connectivity index (χ3v) is 6.08. The average molecular weight is 427 g/mol. The molecule has 7 nitrogen and oxygen atoms in total. The van der Waals surface area contributed by atoms with Gasteiger partial charge in [0, 0.05) is 24.7 Å². The first-order chi connectivity index (χ1) is 15.8. The molecule has 0 spiro atoms. The molecule has 162 valence electrons. The molecule has 5 rings (SSSR count). The van der Waals surface area contributed by atoms with Crippen LogP contribution in [0.15, 0.2) is 73.1 Å². The van der Waals surface area contributed by atoms with E-state index in [9.17, 15) is 4.79 Å². The Balaban J connectivity index is 1.21. The standard InChI is InChI=1S/C25H26N6O/c32-24(30-13-11-20(12-14-30)15-19-7-3-1-4-8-19)17-26-23-16-22(21-9-5-2-6-10-21)29-25-27-18-28-31(23)25/h1-10,16,18,20,26H,11-15,17H2. The second kappa shape index (κ2) is 9.18. The number of hydrogen-bond acceptors (Lipinski definition) is 5. The normalized spacial score (nSPS) is 14.6. The number of hydrogen-bond donors (Lipinski definition) is 1. The van der Waals surface area contributed by atoms with Gasteiger partial charge in [-0.2, -0.15) is 14.6 Å². The fraction of sp³-hybridized carbons (Fsp3) is 0.280. The van der Waals surface area contributed by atoms with Gasteiger partial charge in [0.1, 0.15) is 12.1 Å². The van der Waals surface area contributed by atoms with Gasteiger partial charge >= 0.3 is 0 Å². The number of carbonyl (C=O) groups excluding carboxylic acids is 1. The van der Waals surface area contributed by atoms with Gasteiger partial charge in [0.05, 0.1) is 12.2 Å². The lowest BCUT2D eigenvalue weighted by molar-refractivity contribution is -0.130. The zero-order valence-electron chi connectivity index (χ0n) is 17.9. The number of likely N-dealkylation sites (tertiary alicyclic amines) is 1. The molecule has 0 radical (unpaired) electrons. The van der Waals surface area contributed by atoms with Gasteiger partial charge in [-0.25, -0.2) is 4.98 Å². The number of rotatable bonds is 6. The molecule has 3 heterocycles. The fourth-order valence-electron chi connectivity index (χ4n) is 4.31. The maximum Gasteiger partial charge on any atom is 0.254 e. The van der Waals surface area contributed by atoms with E-state index in [4.69, 9.17) is 0 Å². The van der Waals surface area contributed by atoms with Crippen molar-refractivity contribution < 1.29 is 4.79 Å². The van der Waals surface area contributed by atoms with Gasteiger partial charge < -0.3 is 10.2 Å². The fourth-order valence-corrected chi connectivity index (χ4v) is 4.31. The first-order valence-electron chi connectivity index (χ1n) is 11.1. The highest BCUT2D eigenvalue weighted by Crippen LogP contribution is 2.23. The molecule has 0 atom stereocenters. The summed E-state index contributed by atoms with van der Waals surface area (Å²) in [5.74, 6) is 1.95. The summed E-state index contributed by atoms with van der Waals surface area (Å²) < 4.78 is 1.63. The van der Waals surface area contributed by atoms with Crippen LogP contribution in [0, 0.1) is 5.92 Å². The van der Waals surface area contributed by atoms with Crippen LogP contribution in [-0.4, -0.2) is 50.0 Å². The van der Waals surface area contributed by atoms with Crippen LogP contribution in [0.3, 0.4) is 0 Å². The quantitative estimate of drug-likeness (QED) is 0.509. The minimum atomic E-state index is 0.106. The van der Waals surface area contributed by atoms with Gasteiger partial charge in [0.25, 0.3) is 5.78 Å². The summed E-state index contributed by atoms with van der Waals surface area (Å²) in [6.07, 6.45) is 4.65. The molecule has 7 heteroatoms. The Labute approximate surface area is 187 Å². The van der Waals surface area contributed by atoms with E-state index >= 15 is 0 Å². The molecular formula is C25H26N6O. The molecule has 2 aromatic heterocycles. The summed E-state index contributed by atoms with van der Waals surface area (Å²) in [7, 11) is 0. The Morgan fingerprint density at radius 3 is 2.47 bits per heavy atom. The van der Waals surface area contributed by atoms with E-state index in [1.165, 1.54) is 11.9 Å². The first-order valence-corrected chi connectivity index (χ1v) is 11.1. The molecule has 4 aromatic rings. The second-order valence-electron chi connectivity index (χ2n) is 8.23. The van der Waals surface area contributed by atoms with Crippen molar-refractivity contribution in [1.29, 1.82) is 0 Å². The third-order valence-electron chi connectivity index (χ3n) is 6.08. The van der Waals surface area contributed by atoms with Gasteiger partial charge in [-0.3, -0.25) is 4.79 Å². The molecule has 0 saturated carbocycles. The Morgan fingerprint density at radius 2 is 1.72 bits per heavy atom. The summed E-state index contributed by atoms with van der Waals surface area (Å²) in [5.41, 5.74) is 3.17. The SMILES string of the molecule is O=C(CNc1cc(-c2ccccc2)nc2ncnn12)N1CCC(Cc2ccccc2)CC1. The molecule has 1 N–H and O–H groups in total. The molecule has 2 aromatic carbocycles. The molecule has 0 bridgehead atoms. The maximum atomic E-state index is 12.9. The van der Waals surface area contributed by atoms with Gasteiger partial charge in [-0.15, -0.1) is 0 Å². The lowest BCUT2D eigenvalue weighted by Crippen LogP contribution is -2.41. The van der Waals surface area contributed by atoms with E-state index in [1.54, 1.807) is 4.52 Å². The molecule has 1 aliphatic rings. The van der Waals surface area contributed by atoms with Crippen LogP contribution in [0.25, 0.3) is 17.0 Å². The number of anilines is 1. The molecule has 1 amide bonds. The number of piperidine rings is 1. The van der Waals surface area contributed by atoms with Crippen LogP contribution < -0.4 is 5.32 Å². The largest absolute Gasteiger partial charge is 0.361 e. The van der Waals surface area contributed by atoms with Gasteiger partial charge in [0.2, 0.25) is 5.91 Å². The monoisotopic (exact) mass is 426 g/mol. The van der Waals surface area contributed by atoms with Crippen molar-refractivity contribution in [3.8, 4) is 11.3 Å². The number of carbonyl (C=O) groups is 1. The number of fused-ring (bicyclic) bond motifs is 1. The summed E-state index contributed by atoms with van der Waals surface area (Å²) in [6, 6.07) is 22.4. The first kappa shape index (κ1) is 20.2. The Hall–Kier alpha value is -3.74. The lowest BCUT2D eigenvalue weighted by atomic mass is 9.90. The van der Waals surface area contributed by atoms with Crippen molar-refractivity contribution in [2.75, 3.05) is 25.0 Å². The minimum Gasteiger partial charge on any atom is -0.361 e. The van der Waals surface area contributed by atoms with Crippen molar-refractivity contribution >= 4 is 17.5 Å². The number of benzene rings is 2. The predicted molar refractivity (Wildman–Crippen MR) is 124 cm³/mol. The van der Waals surface area contributed by atoms with E-state index in [0.717, 1.165) is 43.6 Å². The summed E-state index contributed by atoms with van der Waals surface area (Å²) in [5, 5.41) is 7.51. The van der Waals surface area contributed by atoms with E-state index < -0.39 is 0 Å². The van der Waals surface area contributed by atoms with Crippen LogP contribution in [0.5, 0.6) is 0 Å². The smallest absolute Gasteiger partial charge is 0.254 e. The van der Waals surface area contributed by atoms with Gasteiger partial charge in [-0.05, 0) is 30.7 Å². The van der Waals surface area contributed by atoms with Gasteiger partial charge in [0.15, 0.2) is 0 Å². The van der Waals surface area contributed by atoms with Crippen molar-refractivity contribution in [1.82, 2.24) is 24.5 Å². The average Bonchev–Trinajstić information content (AvgIpc) is 3.33. The van der Waals surface area contributed by atoms with Crippen molar-refractivity contribution in [3.05, 3.63) is 78.6 Å². The minimum absolute atomic E-state index is 0.106. The van der Waals surface area contributed by atoms with E-state index in [1.807, 2.05) is 41.3 Å². The summed E-state index contributed by atoms with van der Waals surface area (Å²) >= 11 is 0. The zero-order chi connectivity index (χ0) is 21.8. The molecule has 1 saturated heterocycles. The molecule has 32 heavy (non-hydrogen) atoms. The molecule has 0 unspecified atom stereocenters.